The van der Waals surface area contributed by atoms with Gasteiger partial charge in [0.25, 0.3) is 0 Å². The summed E-state index contributed by atoms with van der Waals surface area (Å²) in [5.74, 6) is 1.61. The number of aromatic nitrogens is 4. The first-order valence-corrected chi connectivity index (χ1v) is 9.54. The summed E-state index contributed by atoms with van der Waals surface area (Å²) in [5.41, 5.74) is 1.79. The van der Waals surface area contributed by atoms with Gasteiger partial charge in [0.05, 0.1) is 0 Å². The number of likely N-dealkylation sites (tertiary alicyclic amines) is 1. The summed E-state index contributed by atoms with van der Waals surface area (Å²) in [6, 6.07) is 11.4. The molecule has 2 aromatic heterocycles. The van der Waals surface area contributed by atoms with Crippen molar-refractivity contribution in [2.45, 2.75) is 32.2 Å². The molecule has 0 unspecified atom stereocenters. The number of halogens is 1. The molecule has 4 rings (SSSR count). The van der Waals surface area contributed by atoms with E-state index in [9.17, 15) is 4.79 Å². The van der Waals surface area contributed by atoms with Crippen LogP contribution in [0.3, 0.4) is 0 Å². The number of amides is 1. The Labute approximate surface area is 162 Å². The molecule has 140 valence electrons. The van der Waals surface area contributed by atoms with E-state index in [4.69, 9.17) is 11.6 Å². The van der Waals surface area contributed by atoms with Crippen molar-refractivity contribution in [3.8, 4) is 0 Å². The fourth-order valence-corrected chi connectivity index (χ4v) is 3.35. The fraction of sp³-hybridized carbons (Fsp3) is 0.368. The minimum atomic E-state index is 0.182. The molecular weight excluding hydrogens is 364 g/mol. The number of fused-ring (bicyclic) bond motifs is 1. The molecule has 7 nitrogen and oxygen atoms in total. The highest BCUT2D eigenvalue weighted by Crippen LogP contribution is 2.14. The summed E-state index contributed by atoms with van der Waals surface area (Å²) in [6.45, 7) is 2.38. The Bertz CT molecular complexity index is 933. The molecule has 1 aromatic carbocycles. The standard InChI is InChI=1S/C19H21ClN6O/c20-15-5-3-14(4-6-15)13-21-16-7-8-17-22-23-18(26(17)24-16)9-10-19(27)25-11-1-2-12-25/h3-8H,1-2,9-13H2,(H,21,24). The number of benzene rings is 1. The van der Waals surface area contributed by atoms with Crippen LogP contribution >= 0.6 is 11.6 Å². The number of hydrogen-bond donors (Lipinski definition) is 1. The summed E-state index contributed by atoms with van der Waals surface area (Å²) >= 11 is 5.92. The highest BCUT2D eigenvalue weighted by Gasteiger charge is 2.18. The molecule has 27 heavy (non-hydrogen) atoms. The Morgan fingerprint density at radius 1 is 1.07 bits per heavy atom. The van der Waals surface area contributed by atoms with Crippen molar-refractivity contribution >= 4 is 29.0 Å². The second-order valence-electron chi connectivity index (χ2n) is 6.67. The van der Waals surface area contributed by atoms with Crippen molar-refractivity contribution in [2.75, 3.05) is 18.4 Å². The van der Waals surface area contributed by atoms with Crippen LogP contribution in [0.15, 0.2) is 36.4 Å². The second-order valence-corrected chi connectivity index (χ2v) is 7.11. The summed E-state index contributed by atoms with van der Waals surface area (Å²) in [4.78, 5) is 14.2. The van der Waals surface area contributed by atoms with Crippen LogP contribution in [0.5, 0.6) is 0 Å². The fourth-order valence-electron chi connectivity index (χ4n) is 3.22. The van der Waals surface area contributed by atoms with Crippen LogP contribution in [-0.2, 0) is 17.8 Å². The molecule has 1 fully saturated rings. The molecule has 0 saturated carbocycles. The summed E-state index contributed by atoms with van der Waals surface area (Å²) in [7, 11) is 0. The van der Waals surface area contributed by atoms with Crippen LogP contribution in [0, 0.1) is 0 Å². The molecule has 1 aliphatic rings. The highest BCUT2D eigenvalue weighted by atomic mass is 35.5. The van der Waals surface area contributed by atoms with Crippen molar-refractivity contribution in [3.63, 3.8) is 0 Å². The van der Waals surface area contributed by atoms with Gasteiger partial charge in [-0.3, -0.25) is 4.79 Å². The quantitative estimate of drug-likeness (QED) is 0.707. The first kappa shape index (κ1) is 17.7. The van der Waals surface area contributed by atoms with Crippen molar-refractivity contribution in [2.24, 2.45) is 0 Å². The summed E-state index contributed by atoms with van der Waals surface area (Å²) < 4.78 is 1.71. The van der Waals surface area contributed by atoms with Crippen LogP contribution < -0.4 is 5.32 Å². The first-order chi connectivity index (χ1) is 13.2. The molecule has 1 saturated heterocycles. The van der Waals surface area contributed by atoms with E-state index < -0.39 is 0 Å². The molecule has 0 spiro atoms. The Morgan fingerprint density at radius 2 is 1.85 bits per heavy atom. The van der Waals surface area contributed by atoms with Gasteiger partial charge in [-0.25, -0.2) is 0 Å². The molecule has 0 radical (unpaired) electrons. The number of anilines is 1. The zero-order valence-electron chi connectivity index (χ0n) is 14.9. The predicted molar refractivity (Wildman–Crippen MR) is 104 cm³/mol. The van der Waals surface area contributed by atoms with Gasteiger partial charge in [0, 0.05) is 37.5 Å². The summed E-state index contributed by atoms with van der Waals surface area (Å²) in [5, 5.41) is 16.9. The molecule has 1 amide bonds. The van der Waals surface area contributed by atoms with Gasteiger partial charge >= 0.3 is 0 Å². The van der Waals surface area contributed by atoms with E-state index >= 15 is 0 Å². The van der Waals surface area contributed by atoms with Crippen LogP contribution in [0.25, 0.3) is 5.65 Å². The van der Waals surface area contributed by atoms with Gasteiger partial charge in [0.2, 0.25) is 5.91 Å². The van der Waals surface area contributed by atoms with Crippen molar-refractivity contribution in [1.29, 1.82) is 0 Å². The largest absolute Gasteiger partial charge is 0.365 e. The third-order valence-electron chi connectivity index (χ3n) is 4.74. The zero-order valence-corrected chi connectivity index (χ0v) is 15.7. The lowest BCUT2D eigenvalue weighted by atomic mass is 10.2. The van der Waals surface area contributed by atoms with Gasteiger partial charge in [-0.2, -0.15) is 4.52 Å². The van der Waals surface area contributed by atoms with E-state index in [-0.39, 0.29) is 5.91 Å². The monoisotopic (exact) mass is 384 g/mol. The Hall–Kier alpha value is -2.67. The molecule has 0 aliphatic carbocycles. The maximum Gasteiger partial charge on any atom is 0.223 e. The van der Waals surface area contributed by atoms with E-state index in [1.807, 2.05) is 41.3 Å². The highest BCUT2D eigenvalue weighted by molar-refractivity contribution is 6.30. The molecular formula is C19H21ClN6O. The number of carbonyl (C=O) groups is 1. The van der Waals surface area contributed by atoms with Gasteiger partial charge in [-0.1, -0.05) is 23.7 Å². The topological polar surface area (TPSA) is 75.4 Å². The lowest BCUT2D eigenvalue weighted by Gasteiger charge is -2.14. The smallest absolute Gasteiger partial charge is 0.223 e. The van der Waals surface area contributed by atoms with E-state index in [1.54, 1.807) is 4.52 Å². The van der Waals surface area contributed by atoms with Crippen molar-refractivity contribution < 1.29 is 4.79 Å². The van der Waals surface area contributed by atoms with Crippen LogP contribution in [0.1, 0.15) is 30.7 Å². The van der Waals surface area contributed by atoms with E-state index in [1.165, 1.54) is 0 Å². The number of rotatable bonds is 6. The molecule has 3 aromatic rings. The maximum atomic E-state index is 12.3. The number of carbonyl (C=O) groups excluding carboxylic acids is 1. The maximum absolute atomic E-state index is 12.3. The molecule has 0 atom stereocenters. The predicted octanol–water partition coefficient (Wildman–Crippen LogP) is 2.94. The average Bonchev–Trinajstić information content (AvgIpc) is 3.35. The van der Waals surface area contributed by atoms with E-state index in [0.717, 1.165) is 42.3 Å². The molecule has 1 aliphatic heterocycles. The molecule has 0 bridgehead atoms. The SMILES string of the molecule is O=C(CCc1nnc2ccc(NCc3ccc(Cl)cc3)nn12)N1CCCC1. The third kappa shape index (κ3) is 4.19. The van der Waals surface area contributed by atoms with Gasteiger partial charge in [0.15, 0.2) is 11.5 Å². The molecule has 8 heteroatoms. The van der Waals surface area contributed by atoms with Crippen molar-refractivity contribution in [1.82, 2.24) is 24.7 Å². The lowest BCUT2D eigenvalue weighted by Crippen LogP contribution is -2.27. The number of aryl methyl sites for hydroxylation is 1. The minimum absolute atomic E-state index is 0.182. The lowest BCUT2D eigenvalue weighted by molar-refractivity contribution is -0.130. The molecule has 1 N–H and O–H groups in total. The van der Waals surface area contributed by atoms with Crippen LogP contribution in [0.2, 0.25) is 5.02 Å². The Balaban J connectivity index is 1.42. The van der Waals surface area contributed by atoms with Crippen LogP contribution in [0.4, 0.5) is 5.82 Å². The van der Waals surface area contributed by atoms with Gasteiger partial charge < -0.3 is 10.2 Å². The average molecular weight is 385 g/mol. The Kier molecular flexibility index (Phi) is 5.20. The summed E-state index contributed by atoms with van der Waals surface area (Å²) in [6.07, 6.45) is 3.17. The molecule has 3 heterocycles. The minimum Gasteiger partial charge on any atom is -0.365 e. The van der Waals surface area contributed by atoms with E-state index in [0.29, 0.717) is 30.9 Å². The first-order valence-electron chi connectivity index (χ1n) is 9.16. The zero-order chi connectivity index (χ0) is 18.6. The van der Waals surface area contributed by atoms with Crippen LogP contribution in [-0.4, -0.2) is 43.7 Å². The van der Waals surface area contributed by atoms with E-state index in [2.05, 4.69) is 20.6 Å². The van der Waals surface area contributed by atoms with Gasteiger partial charge in [0.1, 0.15) is 5.82 Å². The van der Waals surface area contributed by atoms with Gasteiger partial charge in [-0.15, -0.1) is 15.3 Å². The number of nitrogens with one attached hydrogen (secondary N) is 1. The normalized spacial score (nSPS) is 14.0. The second kappa shape index (κ2) is 7.92. The van der Waals surface area contributed by atoms with Crippen molar-refractivity contribution in [3.05, 3.63) is 52.8 Å². The number of nitrogens with zero attached hydrogens (tertiary/aromatic N) is 5. The Morgan fingerprint density at radius 3 is 2.63 bits per heavy atom. The van der Waals surface area contributed by atoms with Gasteiger partial charge in [-0.05, 0) is 42.7 Å². The number of hydrogen-bond acceptors (Lipinski definition) is 5. The third-order valence-corrected chi connectivity index (χ3v) is 4.99.